The van der Waals surface area contributed by atoms with E-state index in [1.807, 2.05) is 12.1 Å². The largest absolute Gasteiger partial charge is 0.504 e. The summed E-state index contributed by atoms with van der Waals surface area (Å²) < 4.78 is 5.18. The van der Waals surface area contributed by atoms with Gasteiger partial charge in [-0.1, -0.05) is 26.0 Å². The van der Waals surface area contributed by atoms with Crippen molar-refractivity contribution in [2.45, 2.75) is 39.7 Å². The summed E-state index contributed by atoms with van der Waals surface area (Å²) >= 11 is 0. The van der Waals surface area contributed by atoms with Crippen molar-refractivity contribution in [3.8, 4) is 11.5 Å². The number of likely N-dealkylation sites (N-methyl/N-ethyl adjacent to an activating group) is 1. The number of phenolic OH excluding ortho intramolecular Hbond substituents is 1. The molecule has 1 aromatic carbocycles. The molecule has 0 bridgehead atoms. The predicted molar refractivity (Wildman–Crippen MR) is 107 cm³/mol. The minimum atomic E-state index is 0.220. The van der Waals surface area contributed by atoms with Gasteiger partial charge in [-0.2, -0.15) is 0 Å². The van der Waals surface area contributed by atoms with E-state index in [2.05, 4.69) is 35.9 Å². The molecule has 0 amide bonds. The molecule has 0 radical (unpaired) electrons. The van der Waals surface area contributed by atoms with Gasteiger partial charge in [0.25, 0.3) is 0 Å². The zero-order valence-corrected chi connectivity index (χ0v) is 16.7. The number of nitrogens with zero attached hydrogens (tertiary/aromatic N) is 3. The Balaban J connectivity index is 1.99. The number of benzene rings is 1. The smallest absolute Gasteiger partial charge is 0.193 e. The molecular weight excluding hydrogens is 328 g/mol. The van der Waals surface area contributed by atoms with Crippen molar-refractivity contribution in [3.05, 3.63) is 23.8 Å². The van der Waals surface area contributed by atoms with E-state index < -0.39 is 0 Å². The molecule has 146 valence electrons. The monoisotopic (exact) mass is 362 g/mol. The first-order valence-electron chi connectivity index (χ1n) is 9.76. The third kappa shape index (κ3) is 5.04. The number of aromatic hydroxyl groups is 1. The first-order chi connectivity index (χ1) is 12.6. The van der Waals surface area contributed by atoms with Gasteiger partial charge in [-0.3, -0.25) is 9.89 Å². The highest BCUT2D eigenvalue weighted by atomic mass is 16.5. The molecule has 1 saturated heterocycles. The van der Waals surface area contributed by atoms with Crippen molar-refractivity contribution in [2.75, 3.05) is 46.4 Å². The molecule has 0 saturated carbocycles. The molecule has 1 unspecified atom stereocenters. The fourth-order valence-corrected chi connectivity index (χ4v) is 3.61. The van der Waals surface area contributed by atoms with Gasteiger partial charge >= 0.3 is 0 Å². The molecule has 6 nitrogen and oxygen atoms in total. The van der Waals surface area contributed by atoms with Gasteiger partial charge < -0.3 is 20.1 Å². The SMILES string of the molecule is CCNC(=NCCc1cccc(OC)c1O)N1CCC(N(CC)CC)C1. The summed E-state index contributed by atoms with van der Waals surface area (Å²) in [6.45, 7) is 12.3. The molecule has 6 heteroatoms. The molecule has 0 aliphatic carbocycles. The summed E-state index contributed by atoms with van der Waals surface area (Å²) in [5.41, 5.74) is 0.867. The summed E-state index contributed by atoms with van der Waals surface area (Å²) in [5, 5.41) is 13.6. The first kappa shape index (κ1) is 20.4. The third-order valence-electron chi connectivity index (χ3n) is 5.07. The van der Waals surface area contributed by atoms with Crippen molar-refractivity contribution in [3.63, 3.8) is 0 Å². The maximum absolute atomic E-state index is 10.2. The van der Waals surface area contributed by atoms with Crippen LogP contribution in [0.2, 0.25) is 0 Å². The molecule has 26 heavy (non-hydrogen) atoms. The van der Waals surface area contributed by atoms with Gasteiger partial charge in [0.15, 0.2) is 17.5 Å². The fraction of sp³-hybridized carbons (Fsp3) is 0.650. The van der Waals surface area contributed by atoms with Crippen LogP contribution < -0.4 is 10.1 Å². The Morgan fingerprint density at radius 3 is 2.77 bits per heavy atom. The van der Waals surface area contributed by atoms with Gasteiger partial charge in [-0.15, -0.1) is 0 Å². The quantitative estimate of drug-likeness (QED) is 0.549. The van der Waals surface area contributed by atoms with Gasteiger partial charge in [0.1, 0.15) is 0 Å². The lowest BCUT2D eigenvalue weighted by molar-refractivity contribution is 0.223. The van der Waals surface area contributed by atoms with E-state index in [4.69, 9.17) is 9.73 Å². The maximum atomic E-state index is 10.2. The average molecular weight is 363 g/mol. The second kappa shape index (κ2) is 10.3. The van der Waals surface area contributed by atoms with E-state index in [1.54, 1.807) is 13.2 Å². The van der Waals surface area contributed by atoms with E-state index in [9.17, 15) is 5.11 Å². The Kier molecular flexibility index (Phi) is 8.04. The lowest BCUT2D eigenvalue weighted by Gasteiger charge is -2.27. The van der Waals surface area contributed by atoms with Crippen LogP contribution in [-0.2, 0) is 6.42 Å². The number of guanidine groups is 1. The summed E-state index contributed by atoms with van der Waals surface area (Å²) in [4.78, 5) is 9.68. The van der Waals surface area contributed by atoms with Gasteiger partial charge in [0, 0.05) is 32.2 Å². The summed E-state index contributed by atoms with van der Waals surface area (Å²) in [7, 11) is 1.57. The van der Waals surface area contributed by atoms with Crippen LogP contribution in [0, 0.1) is 0 Å². The zero-order chi connectivity index (χ0) is 18.9. The minimum Gasteiger partial charge on any atom is -0.504 e. The number of aliphatic imine (C=N–C) groups is 1. The Morgan fingerprint density at radius 1 is 1.35 bits per heavy atom. The third-order valence-corrected chi connectivity index (χ3v) is 5.07. The Hall–Kier alpha value is -1.95. The van der Waals surface area contributed by atoms with Crippen LogP contribution in [0.1, 0.15) is 32.8 Å². The number of para-hydroxylation sites is 1. The van der Waals surface area contributed by atoms with Crippen molar-refractivity contribution in [2.24, 2.45) is 4.99 Å². The van der Waals surface area contributed by atoms with Gasteiger partial charge in [0.2, 0.25) is 0 Å². The first-order valence-corrected chi connectivity index (χ1v) is 9.76. The van der Waals surface area contributed by atoms with Gasteiger partial charge in [-0.05, 0) is 44.5 Å². The molecule has 1 atom stereocenters. The number of hydrogen-bond acceptors (Lipinski definition) is 4. The number of likely N-dealkylation sites (tertiary alicyclic amines) is 1. The minimum absolute atomic E-state index is 0.220. The van der Waals surface area contributed by atoms with Crippen molar-refractivity contribution in [1.82, 2.24) is 15.1 Å². The van der Waals surface area contributed by atoms with Crippen molar-refractivity contribution >= 4 is 5.96 Å². The number of phenols is 1. The highest BCUT2D eigenvalue weighted by molar-refractivity contribution is 5.80. The van der Waals surface area contributed by atoms with E-state index in [1.165, 1.54) is 6.42 Å². The number of methoxy groups -OCH3 is 1. The summed E-state index contributed by atoms with van der Waals surface area (Å²) in [6, 6.07) is 6.20. The van der Waals surface area contributed by atoms with Gasteiger partial charge in [-0.25, -0.2) is 0 Å². The molecule has 1 fully saturated rings. The highest BCUT2D eigenvalue weighted by Crippen LogP contribution is 2.29. The predicted octanol–water partition coefficient (Wildman–Crippen LogP) is 2.32. The Morgan fingerprint density at radius 2 is 2.12 bits per heavy atom. The van der Waals surface area contributed by atoms with Crippen LogP contribution in [0.3, 0.4) is 0 Å². The average Bonchev–Trinajstić information content (AvgIpc) is 3.13. The highest BCUT2D eigenvalue weighted by Gasteiger charge is 2.27. The Bertz CT molecular complexity index is 587. The maximum Gasteiger partial charge on any atom is 0.193 e. The van der Waals surface area contributed by atoms with Crippen LogP contribution in [-0.4, -0.2) is 73.3 Å². The fourth-order valence-electron chi connectivity index (χ4n) is 3.61. The molecule has 1 aliphatic rings. The molecule has 1 aromatic rings. The van der Waals surface area contributed by atoms with Crippen molar-refractivity contribution in [1.29, 1.82) is 0 Å². The number of hydrogen-bond donors (Lipinski definition) is 2. The zero-order valence-electron chi connectivity index (χ0n) is 16.7. The number of rotatable bonds is 8. The van der Waals surface area contributed by atoms with E-state index in [0.29, 0.717) is 24.8 Å². The second-order valence-electron chi connectivity index (χ2n) is 6.56. The lowest BCUT2D eigenvalue weighted by atomic mass is 10.1. The van der Waals surface area contributed by atoms with Gasteiger partial charge in [0.05, 0.1) is 7.11 Å². The summed E-state index contributed by atoms with van der Waals surface area (Å²) in [6.07, 6.45) is 1.87. The van der Waals surface area contributed by atoms with Crippen LogP contribution in [0.4, 0.5) is 0 Å². The molecule has 0 spiro atoms. The van der Waals surface area contributed by atoms with Crippen LogP contribution in [0.15, 0.2) is 23.2 Å². The van der Waals surface area contributed by atoms with Crippen molar-refractivity contribution < 1.29 is 9.84 Å². The standard InChI is InChI=1S/C20H34N4O2/c1-5-21-20(24-14-12-17(15-24)23(6-2)7-3)22-13-11-16-9-8-10-18(26-4)19(16)25/h8-10,17,25H,5-7,11-15H2,1-4H3,(H,21,22). The van der Waals surface area contributed by atoms with Crippen LogP contribution in [0.25, 0.3) is 0 Å². The Labute approximate surface area is 157 Å². The topological polar surface area (TPSA) is 60.3 Å². The molecule has 2 rings (SSSR count). The number of nitrogens with one attached hydrogen (secondary N) is 1. The molecule has 1 heterocycles. The molecular formula is C20H34N4O2. The molecule has 2 N–H and O–H groups in total. The van der Waals surface area contributed by atoms with E-state index in [0.717, 1.165) is 44.2 Å². The molecule has 1 aliphatic heterocycles. The lowest BCUT2D eigenvalue weighted by Crippen LogP contribution is -2.43. The van der Waals surface area contributed by atoms with Crippen LogP contribution in [0.5, 0.6) is 11.5 Å². The summed E-state index contributed by atoms with van der Waals surface area (Å²) in [5.74, 6) is 1.71. The second-order valence-corrected chi connectivity index (χ2v) is 6.56. The van der Waals surface area contributed by atoms with E-state index >= 15 is 0 Å². The normalized spacial score (nSPS) is 17.8. The van der Waals surface area contributed by atoms with E-state index in [-0.39, 0.29) is 5.75 Å². The van der Waals surface area contributed by atoms with Crippen LogP contribution >= 0.6 is 0 Å². The number of ether oxygens (including phenoxy) is 1. The molecule has 0 aromatic heterocycles.